The Morgan fingerprint density at radius 2 is 1.96 bits per heavy atom. The number of halogens is 1. The van der Waals surface area contributed by atoms with E-state index in [0.717, 1.165) is 17.3 Å². The number of carbonyl (C=O) groups is 2. The molecule has 0 aliphatic carbocycles. The van der Waals surface area contributed by atoms with Crippen molar-refractivity contribution in [3.05, 3.63) is 62.1 Å². The van der Waals surface area contributed by atoms with E-state index < -0.39 is 0 Å². The number of phenols is 1. The van der Waals surface area contributed by atoms with Gasteiger partial charge in [-0.15, -0.1) is 0 Å². The average molecular weight is 481 g/mol. The molecule has 5 nitrogen and oxygen atoms in total. The molecule has 3 rings (SSSR count). The fraction of sp³-hybridized carbons (Fsp3) is 0.158. The molecule has 1 heterocycles. The largest absolute Gasteiger partial charge is 0.504 e. The Hall–Kier alpha value is -2.00. The molecule has 1 aliphatic rings. The van der Waals surface area contributed by atoms with Crippen molar-refractivity contribution in [3.63, 3.8) is 0 Å². The van der Waals surface area contributed by atoms with E-state index in [1.54, 1.807) is 18.2 Å². The van der Waals surface area contributed by atoms with Gasteiger partial charge in [-0.3, -0.25) is 14.5 Å². The normalized spacial score (nSPS) is 15.8. The quantitative estimate of drug-likeness (QED) is 0.499. The van der Waals surface area contributed by atoms with Crippen molar-refractivity contribution < 1.29 is 19.4 Å². The van der Waals surface area contributed by atoms with Crippen LogP contribution in [0.1, 0.15) is 18.1 Å². The Labute approximate surface area is 169 Å². The summed E-state index contributed by atoms with van der Waals surface area (Å²) >= 11 is 2.92. The van der Waals surface area contributed by atoms with Gasteiger partial charge < -0.3 is 9.84 Å². The maximum absolute atomic E-state index is 12.6. The number of nitrogens with zero attached hydrogens (tertiary/aromatic N) is 1. The van der Waals surface area contributed by atoms with E-state index in [0.29, 0.717) is 26.4 Å². The third-order valence-electron chi connectivity index (χ3n) is 3.71. The first-order chi connectivity index (χ1) is 12.5. The van der Waals surface area contributed by atoms with Crippen molar-refractivity contribution in [1.82, 2.24) is 4.90 Å². The Bertz CT molecular complexity index is 883. The number of ether oxygens (including phenoxy) is 1. The van der Waals surface area contributed by atoms with Crippen LogP contribution in [0.25, 0.3) is 6.08 Å². The molecule has 0 unspecified atom stereocenters. The van der Waals surface area contributed by atoms with E-state index in [-0.39, 0.29) is 23.4 Å². The molecule has 0 radical (unpaired) electrons. The first-order valence-corrected chi connectivity index (χ1v) is 9.83. The maximum atomic E-state index is 12.6. The highest BCUT2D eigenvalue weighted by Crippen LogP contribution is 2.37. The van der Waals surface area contributed by atoms with Crippen molar-refractivity contribution in [1.29, 1.82) is 0 Å². The number of aromatic hydroxyl groups is 1. The van der Waals surface area contributed by atoms with Crippen molar-refractivity contribution in [2.75, 3.05) is 6.61 Å². The van der Waals surface area contributed by atoms with Crippen LogP contribution in [0.3, 0.4) is 0 Å². The Morgan fingerprint density at radius 3 is 2.65 bits per heavy atom. The van der Waals surface area contributed by atoms with Crippen LogP contribution in [0.15, 0.2) is 47.4 Å². The summed E-state index contributed by atoms with van der Waals surface area (Å²) in [6.45, 7) is 2.49. The van der Waals surface area contributed by atoms with E-state index in [2.05, 4.69) is 0 Å². The van der Waals surface area contributed by atoms with Crippen LogP contribution in [0.4, 0.5) is 4.79 Å². The van der Waals surface area contributed by atoms with Gasteiger partial charge in [0.15, 0.2) is 11.5 Å². The topological polar surface area (TPSA) is 66.8 Å². The standard InChI is InChI=1S/C19H16INO4S/c1-2-25-15-9-13(8-14(20)17(15)22)10-16-18(23)21(19(24)26-16)11-12-6-4-3-5-7-12/h3-10,22H,2,11H2,1H3/b16-10+. The summed E-state index contributed by atoms with van der Waals surface area (Å²) in [5.41, 5.74) is 1.59. The number of hydrogen-bond donors (Lipinski definition) is 1. The van der Waals surface area contributed by atoms with E-state index in [9.17, 15) is 14.7 Å². The van der Waals surface area contributed by atoms with Gasteiger partial charge in [0.05, 0.1) is 21.6 Å². The highest BCUT2D eigenvalue weighted by Gasteiger charge is 2.35. The first kappa shape index (κ1) is 18.8. The number of amides is 2. The van der Waals surface area contributed by atoms with E-state index in [1.165, 1.54) is 4.90 Å². The predicted octanol–water partition coefficient (Wildman–Crippen LogP) is 4.63. The summed E-state index contributed by atoms with van der Waals surface area (Å²) in [6, 6.07) is 12.8. The van der Waals surface area contributed by atoms with Gasteiger partial charge in [-0.2, -0.15) is 0 Å². The van der Waals surface area contributed by atoms with E-state index in [1.807, 2.05) is 59.8 Å². The maximum Gasteiger partial charge on any atom is 0.293 e. The first-order valence-electron chi connectivity index (χ1n) is 7.94. The number of thioether (sulfide) groups is 1. The van der Waals surface area contributed by atoms with Gasteiger partial charge in [0.25, 0.3) is 11.1 Å². The van der Waals surface area contributed by atoms with Gasteiger partial charge in [-0.1, -0.05) is 30.3 Å². The summed E-state index contributed by atoms with van der Waals surface area (Å²) in [5, 5.41) is 9.74. The lowest BCUT2D eigenvalue weighted by molar-refractivity contribution is -0.123. The molecule has 134 valence electrons. The minimum atomic E-state index is -0.315. The third-order valence-corrected chi connectivity index (χ3v) is 5.44. The fourth-order valence-corrected chi connectivity index (χ4v) is 3.96. The molecular weight excluding hydrogens is 465 g/mol. The van der Waals surface area contributed by atoms with Gasteiger partial charge in [0, 0.05) is 0 Å². The molecule has 1 N–H and O–H groups in total. The summed E-state index contributed by atoms with van der Waals surface area (Å²) < 4.78 is 6.03. The van der Waals surface area contributed by atoms with Gasteiger partial charge in [0.2, 0.25) is 0 Å². The molecular formula is C19H16INO4S. The molecule has 2 aromatic rings. The van der Waals surface area contributed by atoms with Crippen LogP contribution in [0, 0.1) is 3.57 Å². The van der Waals surface area contributed by atoms with Crippen molar-refractivity contribution in [3.8, 4) is 11.5 Å². The van der Waals surface area contributed by atoms with Crippen LogP contribution in [0.5, 0.6) is 11.5 Å². The summed E-state index contributed by atoms with van der Waals surface area (Å²) in [7, 11) is 0. The van der Waals surface area contributed by atoms with Gasteiger partial charge in [0.1, 0.15) is 0 Å². The van der Waals surface area contributed by atoms with E-state index in [4.69, 9.17) is 4.74 Å². The lowest BCUT2D eigenvalue weighted by Crippen LogP contribution is -2.27. The Kier molecular flexibility index (Phi) is 5.87. The van der Waals surface area contributed by atoms with Crippen LogP contribution in [-0.2, 0) is 11.3 Å². The van der Waals surface area contributed by atoms with Gasteiger partial charge >= 0.3 is 0 Å². The Morgan fingerprint density at radius 1 is 1.23 bits per heavy atom. The zero-order valence-electron chi connectivity index (χ0n) is 13.9. The number of benzene rings is 2. The van der Waals surface area contributed by atoms with Crippen molar-refractivity contribution in [2.45, 2.75) is 13.5 Å². The molecule has 1 fully saturated rings. The SMILES string of the molecule is CCOc1cc(/C=C2/SC(=O)N(Cc3ccccc3)C2=O)cc(I)c1O. The summed E-state index contributed by atoms with van der Waals surface area (Å²) in [5.74, 6) is 0.112. The van der Waals surface area contributed by atoms with Crippen molar-refractivity contribution >= 4 is 51.6 Å². The molecule has 0 atom stereocenters. The van der Waals surface area contributed by atoms with Crippen LogP contribution >= 0.6 is 34.4 Å². The van der Waals surface area contributed by atoms with Gasteiger partial charge in [-0.25, -0.2) is 0 Å². The molecule has 1 saturated heterocycles. The van der Waals surface area contributed by atoms with Crippen LogP contribution < -0.4 is 4.74 Å². The lowest BCUT2D eigenvalue weighted by atomic mass is 10.1. The fourth-order valence-electron chi connectivity index (χ4n) is 2.50. The Balaban J connectivity index is 1.86. The molecule has 7 heteroatoms. The molecule has 0 spiro atoms. The van der Waals surface area contributed by atoms with E-state index >= 15 is 0 Å². The second-order valence-corrected chi connectivity index (χ2v) is 7.69. The number of phenolic OH excluding ortho intramolecular Hbond substituents is 1. The molecule has 0 bridgehead atoms. The summed E-state index contributed by atoms with van der Waals surface area (Å²) in [4.78, 5) is 26.5. The van der Waals surface area contributed by atoms with Crippen LogP contribution in [-0.4, -0.2) is 27.8 Å². The summed E-state index contributed by atoms with van der Waals surface area (Å²) in [6.07, 6.45) is 1.65. The monoisotopic (exact) mass is 481 g/mol. The number of imide groups is 1. The number of hydrogen-bond acceptors (Lipinski definition) is 5. The smallest absolute Gasteiger partial charge is 0.293 e. The molecule has 0 aromatic heterocycles. The second-order valence-electron chi connectivity index (χ2n) is 5.54. The molecule has 1 aliphatic heterocycles. The lowest BCUT2D eigenvalue weighted by Gasteiger charge is -2.12. The minimum absolute atomic E-state index is 0.0711. The highest BCUT2D eigenvalue weighted by molar-refractivity contribution is 14.1. The third kappa shape index (κ3) is 4.04. The minimum Gasteiger partial charge on any atom is -0.504 e. The number of rotatable bonds is 5. The molecule has 26 heavy (non-hydrogen) atoms. The second kappa shape index (κ2) is 8.13. The zero-order chi connectivity index (χ0) is 18.7. The highest BCUT2D eigenvalue weighted by atomic mass is 127. The average Bonchev–Trinajstić information content (AvgIpc) is 2.88. The predicted molar refractivity (Wildman–Crippen MR) is 110 cm³/mol. The van der Waals surface area contributed by atoms with Gasteiger partial charge in [-0.05, 0) is 70.6 Å². The molecule has 2 amide bonds. The van der Waals surface area contributed by atoms with Crippen molar-refractivity contribution in [2.24, 2.45) is 0 Å². The molecule has 2 aromatic carbocycles. The number of carbonyl (C=O) groups excluding carboxylic acids is 2. The molecule has 0 saturated carbocycles. The zero-order valence-corrected chi connectivity index (χ0v) is 16.9. The van der Waals surface area contributed by atoms with Crippen LogP contribution in [0.2, 0.25) is 0 Å².